The summed E-state index contributed by atoms with van der Waals surface area (Å²) >= 11 is 0. The number of nitrogens with one attached hydrogen (secondary N) is 2. The number of aromatic amines is 1. The zero-order valence-corrected chi connectivity index (χ0v) is 13.4. The van der Waals surface area contributed by atoms with Crippen LogP contribution in [0.4, 0.5) is 14.6 Å². The van der Waals surface area contributed by atoms with E-state index in [2.05, 4.69) is 15.5 Å². The number of hydrogen-bond donors (Lipinski definition) is 2. The first kappa shape index (κ1) is 16.1. The van der Waals surface area contributed by atoms with E-state index in [0.29, 0.717) is 30.3 Å². The van der Waals surface area contributed by atoms with Crippen LogP contribution in [0, 0.1) is 11.6 Å². The Balaban J connectivity index is 1.58. The quantitative estimate of drug-likeness (QED) is 0.753. The van der Waals surface area contributed by atoms with Crippen molar-refractivity contribution in [2.24, 2.45) is 0 Å². The second-order valence-corrected chi connectivity index (χ2v) is 5.55. The van der Waals surface area contributed by atoms with Crippen molar-refractivity contribution in [1.82, 2.24) is 10.2 Å². The van der Waals surface area contributed by atoms with Gasteiger partial charge in [-0.05, 0) is 24.3 Å². The minimum atomic E-state index is -0.989. The number of halogens is 2. The SMILES string of the molecule is O=C(Nc1cc(-c2cccc(F)c2F)[nH]n1)c1cccc2c1OCCO2. The highest BCUT2D eigenvalue weighted by Crippen LogP contribution is 2.34. The van der Waals surface area contributed by atoms with E-state index in [0.717, 1.165) is 6.07 Å². The number of amides is 1. The van der Waals surface area contributed by atoms with E-state index < -0.39 is 17.5 Å². The normalized spacial score (nSPS) is 12.7. The molecule has 3 aromatic rings. The molecule has 0 saturated carbocycles. The molecule has 0 fully saturated rings. The van der Waals surface area contributed by atoms with Gasteiger partial charge in [-0.25, -0.2) is 8.78 Å². The number of carbonyl (C=O) groups is 1. The second-order valence-electron chi connectivity index (χ2n) is 5.55. The minimum absolute atomic E-state index is 0.0202. The van der Waals surface area contributed by atoms with Gasteiger partial charge in [0.05, 0.1) is 11.3 Å². The summed E-state index contributed by atoms with van der Waals surface area (Å²) in [6.45, 7) is 0.767. The third kappa shape index (κ3) is 2.85. The van der Waals surface area contributed by atoms with Gasteiger partial charge in [0.25, 0.3) is 5.91 Å². The van der Waals surface area contributed by atoms with E-state index in [1.807, 2.05) is 0 Å². The molecule has 0 bridgehead atoms. The maximum Gasteiger partial charge on any atom is 0.260 e. The zero-order chi connectivity index (χ0) is 18.1. The smallest absolute Gasteiger partial charge is 0.260 e. The highest BCUT2D eigenvalue weighted by atomic mass is 19.2. The number of ether oxygens (including phenoxy) is 2. The van der Waals surface area contributed by atoms with Gasteiger partial charge in [0.1, 0.15) is 13.2 Å². The zero-order valence-electron chi connectivity index (χ0n) is 13.4. The number of para-hydroxylation sites is 1. The predicted octanol–water partition coefficient (Wildman–Crippen LogP) is 3.38. The number of fused-ring (bicyclic) bond motifs is 1. The summed E-state index contributed by atoms with van der Waals surface area (Å²) in [4.78, 5) is 12.5. The molecule has 0 unspecified atom stereocenters. The topological polar surface area (TPSA) is 76.2 Å². The Bertz CT molecular complexity index is 988. The van der Waals surface area contributed by atoms with E-state index in [4.69, 9.17) is 9.47 Å². The van der Waals surface area contributed by atoms with Crippen molar-refractivity contribution in [3.05, 3.63) is 59.7 Å². The van der Waals surface area contributed by atoms with Gasteiger partial charge in [0.2, 0.25) is 0 Å². The lowest BCUT2D eigenvalue weighted by atomic mass is 10.1. The van der Waals surface area contributed by atoms with Crippen LogP contribution in [-0.4, -0.2) is 29.3 Å². The van der Waals surface area contributed by atoms with Crippen LogP contribution in [0.3, 0.4) is 0 Å². The average Bonchev–Trinajstić information content (AvgIpc) is 3.11. The molecule has 1 aliphatic rings. The van der Waals surface area contributed by atoms with Crippen molar-refractivity contribution in [2.45, 2.75) is 0 Å². The molecule has 1 amide bonds. The van der Waals surface area contributed by atoms with Crippen LogP contribution in [0.15, 0.2) is 42.5 Å². The van der Waals surface area contributed by atoms with Crippen LogP contribution in [0.1, 0.15) is 10.4 Å². The highest BCUT2D eigenvalue weighted by Gasteiger charge is 2.21. The molecule has 2 heterocycles. The number of nitrogens with zero attached hydrogens (tertiary/aromatic N) is 1. The lowest BCUT2D eigenvalue weighted by Crippen LogP contribution is -2.20. The monoisotopic (exact) mass is 357 g/mol. The van der Waals surface area contributed by atoms with Crippen LogP contribution in [-0.2, 0) is 0 Å². The highest BCUT2D eigenvalue weighted by molar-refractivity contribution is 6.06. The van der Waals surface area contributed by atoms with E-state index in [1.54, 1.807) is 18.2 Å². The number of anilines is 1. The van der Waals surface area contributed by atoms with Crippen molar-refractivity contribution >= 4 is 11.7 Å². The molecule has 6 nitrogen and oxygen atoms in total. The van der Waals surface area contributed by atoms with Crippen LogP contribution < -0.4 is 14.8 Å². The predicted molar refractivity (Wildman–Crippen MR) is 89.3 cm³/mol. The molecule has 1 aromatic heterocycles. The van der Waals surface area contributed by atoms with Crippen LogP contribution >= 0.6 is 0 Å². The third-order valence-electron chi connectivity index (χ3n) is 3.87. The first-order chi connectivity index (χ1) is 12.6. The number of carbonyl (C=O) groups excluding carboxylic acids is 1. The standard InChI is InChI=1S/C18H13F2N3O3/c19-12-5-1-3-10(16(12)20)13-9-15(23-22-13)21-18(24)11-4-2-6-14-17(11)26-8-7-25-14/h1-6,9H,7-8H2,(H2,21,22,23,24). The Hall–Kier alpha value is -3.42. The molecule has 0 atom stereocenters. The number of H-pyrrole nitrogens is 1. The van der Waals surface area contributed by atoms with Gasteiger partial charge in [-0.15, -0.1) is 0 Å². The van der Waals surface area contributed by atoms with Crippen molar-refractivity contribution < 1.29 is 23.0 Å². The van der Waals surface area contributed by atoms with Crippen LogP contribution in [0.5, 0.6) is 11.5 Å². The summed E-state index contributed by atoms with van der Waals surface area (Å²) in [7, 11) is 0. The molecule has 8 heteroatoms. The molecule has 0 saturated heterocycles. The number of aromatic nitrogens is 2. The van der Waals surface area contributed by atoms with E-state index >= 15 is 0 Å². The molecule has 1 aliphatic heterocycles. The fourth-order valence-electron chi connectivity index (χ4n) is 2.67. The first-order valence-electron chi connectivity index (χ1n) is 7.83. The molecular weight excluding hydrogens is 344 g/mol. The molecular formula is C18H13F2N3O3. The lowest BCUT2D eigenvalue weighted by Gasteiger charge is -2.20. The number of hydrogen-bond acceptors (Lipinski definition) is 4. The molecule has 2 aromatic carbocycles. The van der Waals surface area contributed by atoms with Gasteiger partial charge in [0.15, 0.2) is 29.0 Å². The van der Waals surface area contributed by atoms with Gasteiger partial charge in [-0.2, -0.15) is 5.10 Å². The Labute approximate surface area is 146 Å². The van der Waals surface area contributed by atoms with Crippen molar-refractivity contribution in [2.75, 3.05) is 18.5 Å². The van der Waals surface area contributed by atoms with Gasteiger partial charge >= 0.3 is 0 Å². The van der Waals surface area contributed by atoms with Crippen molar-refractivity contribution in [3.63, 3.8) is 0 Å². The van der Waals surface area contributed by atoms with Crippen molar-refractivity contribution in [1.29, 1.82) is 0 Å². The maximum absolute atomic E-state index is 13.9. The molecule has 2 N–H and O–H groups in total. The lowest BCUT2D eigenvalue weighted by molar-refractivity contribution is 0.101. The largest absolute Gasteiger partial charge is 0.486 e. The summed E-state index contributed by atoms with van der Waals surface area (Å²) in [5.41, 5.74) is 0.558. The summed E-state index contributed by atoms with van der Waals surface area (Å²) in [6.07, 6.45) is 0. The van der Waals surface area contributed by atoms with Crippen LogP contribution in [0.2, 0.25) is 0 Å². The van der Waals surface area contributed by atoms with Gasteiger partial charge in [-0.3, -0.25) is 9.89 Å². The Kier molecular flexibility index (Phi) is 4.00. The molecule has 0 radical (unpaired) electrons. The first-order valence-corrected chi connectivity index (χ1v) is 7.83. The third-order valence-corrected chi connectivity index (χ3v) is 3.87. The number of rotatable bonds is 3. The summed E-state index contributed by atoms with van der Waals surface area (Å²) in [5, 5.41) is 9.10. The van der Waals surface area contributed by atoms with E-state index in [-0.39, 0.29) is 17.1 Å². The Morgan fingerprint density at radius 3 is 2.81 bits per heavy atom. The molecule has 0 aliphatic carbocycles. The molecule has 0 spiro atoms. The van der Waals surface area contributed by atoms with Gasteiger partial charge < -0.3 is 14.8 Å². The molecule has 26 heavy (non-hydrogen) atoms. The van der Waals surface area contributed by atoms with Crippen LogP contribution in [0.25, 0.3) is 11.3 Å². The Morgan fingerprint density at radius 2 is 1.92 bits per heavy atom. The van der Waals surface area contributed by atoms with Crippen molar-refractivity contribution in [3.8, 4) is 22.8 Å². The second kappa shape index (κ2) is 6.47. The fraction of sp³-hybridized carbons (Fsp3) is 0.111. The number of benzene rings is 2. The Morgan fingerprint density at radius 1 is 1.12 bits per heavy atom. The minimum Gasteiger partial charge on any atom is -0.486 e. The summed E-state index contributed by atoms with van der Waals surface area (Å²) in [6, 6.07) is 10.2. The van der Waals surface area contributed by atoms with E-state index in [1.165, 1.54) is 18.2 Å². The maximum atomic E-state index is 13.9. The summed E-state index contributed by atoms with van der Waals surface area (Å²) in [5.74, 6) is -1.38. The molecule has 132 valence electrons. The van der Waals surface area contributed by atoms with E-state index in [9.17, 15) is 13.6 Å². The molecule has 4 rings (SSSR count). The van der Waals surface area contributed by atoms with Gasteiger partial charge in [-0.1, -0.05) is 12.1 Å². The van der Waals surface area contributed by atoms with Gasteiger partial charge in [0, 0.05) is 11.6 Å². The fourth-order valence-corrected chi connectivity index (χ4v) is 2.67. The summed E-state index contributed by atoms with van der Waals surface area (Å²) < 4.78 is 38.2. The average molecular weight is 357 g/mol.